The standard InChI is InChI=1S/C12H11NO2/c1-2-10-6-5-8-3-4-9(12(14)15)7-11(8)13-10/h3-7H,2H2,1H3,(H,14,15). The Morgan fingerprint density at radius 1 is 1.33 bits per heavy atom. The van der Waals surface area contributed by atoms with E-state index in [2.05, 4.69) is 4.98 Å². The van der Waals surface area contributed by atoms with Crippen LogP contribution in [0.3, 0.4) is 0 Å². The highest BCUT2D eigenvalue weighted by Crippen LogP contribution is 2.15. The first-order valence-corrected chi connectivity index (χ1v) is 4.83. The maximum atomic E-state index is 10.8. The summed E-state index contributed by atoms with van der Waals surface area (Å²) in [7, 11) is 0. The second-order valence-corrected chi connectivity index (χ2v) is 3.37. The van der Waals surface area contributed by atoms with Crippen LogP contribution in [0.25, 0.3) is 10.9 Å². The van der Waals surface area contributed by atoms with Gasteiger partial charge in [-0.1, -0.05) is 19.1 Å². The number of nitrogens with zero attached hydrogens (tertiary/aromatic N) is 1. The van der Waals surface area contributed by atoms with Gasteiger partial charge in [0.25, 0.3) is 0 Å². The van der Waals surface area contributed by atoms with Crippen LogP contribution in [0.15, 0.2) is 30.3 Å². The van der Waals surface area contributed by atoms with Crippen molar-refractivity contribution in [1.29, 1.82) is 0 Å². The van der Waals surface area contributed by atoms with Crippen LogP contribution >= 0.6 is 0 Å². The van der Waals surface area contributed by atoms with Crippen LogP contribution in [0, 0.1) is 0 Å². The van der Waals surface area contributed by atoms with Gasteiger partial charge in [-0.05, 0) is 24.6 Å². The molecule has 1 aromatic carbocycles. The number of carbonyl (C=O) groups is 1. The lowest BCUT2D eigenvalue weighted by Crippen LogP contribution is -1.96. The lowest BCUT2D eigenvalue weighted by atomic mass is 10.1. The van der Waals surface area contributed by atoms with Gasteiger partial charge in [-0.3, -0.25) is 4.98 Å². The number of aromatic nitrogens is 1. The third-order valence-electron chi connectivity index (χ3n) is 2.36. The van der Waals surface area contributed by atoms with Crippen molar-refractivity contribution in [2.75, 3.05) is 0 Å². The largest absolute Gasteiger partial charge is 0.478 e. The molecule has 3 nitrogen and oxygen atoms in total. The first kappa shape index (κ1) is 9.65. The summed E-state index contributed by atoms with van der Waals surface area (Å²) in [6, 6.07) is 8.91. The molecule has 0 saturated heterocycles. The molecule has 1 heterocycles. The molecule has 0 atom stereocenters. The summed E-state index contributed by atoms with van der Waals surface area (Å²) in [4.78, 5) is 15.1. The van der Waals surface area contributed by atoms with Crippen molar-refractivity contribution in [2.45, 2.75) is 13.3 Å². The number of hydrogen-bond donors (Lipinski definition) is 1. The molecule has 3 heteroatoms. The van der Waals surface area contributed by atoms with Gasteiger partial charge >= 0.3 is 5.97 Å². The molecule has 2 rings (SSSR count). The van der Waals surface area contributed by atoms with E-state index in [0.29, 0.717) is 0 Å². The molecule has 0 bridgehead atoms. The van der Waals surface area contributed by atoms with E-state index in [9.17, 15) is 4.79 Å². The monoisotopic (exact) mass is 201 g/mol. The Kier molecular flexibility index (Phi) is 2.37. The van der Waals surface area contributed by atoms with Crippen LogP contribution in [0.1, 0.15) is 23.0 Å². The predicted molar refractivity (Wildman–Crippen MR) is 58.1 cm³/mol. The van der Waals surface area contributed by atoms with Gasteiger partial charge in [-0.2, -0.15) is 0 Å². The molecule has 0 aliphatic rings. The zero-order valence-corrected chi connectivity index (χ0v) is 8.40. The zero-order valence-electron chi connectivity index (χ0n) is 8.40. The molecule has 0 aliphatic heterocycles. The van der Waals surface area contributed by atoms with Crippen molar-refractivity contribution in [3.05, 3.63) is 41.6 Å². The number of fused-ring (bicyclic) bond motifs is 1. The number of aryl methyl sites for hydroxylation is 1. The molecule has 0 amide bonds. The molecule has 15 heavy (non-hydrogen) atoms. The molecule has 0 unspecified atom stereocenters. The topological polar surface area (TPSA) is 50.2 Å². The molecular formula is C12H11NO2. The Morgan fingerprint density at radius 2 is 2.07 bits per heavy atom. The summed E-state index contributed by atoms with van der Waals surface area (Å²) in [6.45, 7) is 2.02. The molecule has 1 aromatic heterocycles. The zero-order chi connectivity index (χ0) is 10.8. The number of benzene rings is 1. The third kappa shape index (κ3) is 1.81. The van der Waals surface area contributed by atoms with E-state index in [1.807, 2.05) is 19.1 Å². The smallest absolute Gasteiger partial charge is 0.335 e. The van der Waals surface area contributed by atoms with Crippen molar-refractivity contribution in [1.82, 2.24) is 4.98 Å². The summed E-state index contributed by atoms with van der Waals surface area (Å²) in [5, 5.41) is 9.81. The van der Waals surface area contributed by atoms with Crippen molar-refractivity contribution in [2.24, 2.45) is 0 Å². The number of rotatable bonds is 2. The highest BCUT2D eigenvalue weighted by atomic mass is 16.4. The van der Waals surface area contributed by atoms with E-state index in [1.54, 1.807) is 18.2 Å². The molecule has 1 N–H and O–H groups in total. The second kappa shape index (κ2) is 3.69. The van der Waals surface area contributed by atoms with E-state index in [1.165, 1.54) is 0 Å². The van der Waals surface area contributed by atoms with Gasteiger partial charge in [0.1, 0.15) is 0 Å². The van der Waals surface area contributed by atoms with Crippen LogP contribution in [0.5, 0.6) is 0 Å². The highest BCUT2D eigenvalue weighted by molar-refractivity contribution is 5.93. The van der Waals surface area contributed by atoms with Gasteiger partial charge in [0.05, 0.1) is 11.1 Å². The fourth-order valence-corrected chi connectivity index (χ4v) is 1.49. The molecule has 0 saturated carbocycles. The van der Waals surface area contributed by atoms with Gasteiger partial charge in [0.2, 0.25) is 0 Å². The normalized spacial score (nSPS) is 10.5. The van der Waals surface area contributed by atoms with Gasteiger partial charge in [-0.15, -0.1) is 0 Å². The summed E-state index contributed by atoms with van der Waals surface area (Å²) in [5.41, 5.74) is 2.00. The predicted octanol–water partition coefficient (Wildman–Crippen LogP) is 2.50. The van der Waals surface area contributed by atoms with Crippen LogP contribution in [-0.2, 0) is 6.42 Å². The van der Waals surface area contributed by atoms with E-state index < -0.39 is 5.97 Å². The van der Waals surface area contributed by atoms with Crippen molar-refractivity contribution in [3.63, 3.8) is 0 Å². The molecule has 0 fully saturated rings. The van der Waals surface area contributed by atoms with Gasteiger partial charge in [0.15, 0.2) is 0 Å². The quantitative estimate of drug-likeness (QED) is 0.812. The maximum absolute atomic E-state index is 10.8. The Labute approximate surface area is 87.4 Å². The third-order valence-corrected chi connectivity index (χ3v) is 2.36. The SMILES string of the molecule is CCc1ccc2ccc(C(=O)O)cc2n1. The first-order valence-electron chi connectivity index (χ1n) is 4.83. The Bertz CT molecular complexity index is 520. The lowest BCUT2D eigenvalue weighted by molar-refractivity contribution is 0.0697. The van der Waals surface area contributed by atoms with E-state index in [-0.39, 0.29) is 5.56 Å². The van der Waals surface area contributed by atoms with Crippen LogP contribution < -0.4 is 0 Å². The van der Waals surface area contributed by atoms with E-state index in [4.69, 9.17) is 5.11 Å². The molecule has 2 aromatic rings. The summed E-state index contributed by atoms with van der Waals surface area (Å²) >= 11 is 0. The van der Waals surface area contributed by atoms with Crippen LogP contribution in [-0.4, -0.2) is 16.1 Å². The number of aromatic carboxylic acids is 1. The fourth-order valence-electron chi connectivity index (χ4n) is 1.49. The summed E-state index contributed by atoms with van der Waals surface area (Å²) in [6.07, 6.45) is 0.854. The van der Waals surface area contributed by atoms with Gasteiger partial charge < -0.3 is 5.11 Å². The maximum Gasteiger partial charge on any atom is 0.335 e. The molecule has 0 radical (unpaired) electrons. The second-order valence-electron chi connectivity index (χ2n) is 3.37. The molecule has 0 spiro atoms. The Morgan fingerprint density at radius 3 is 2.73 bits per heavy atom. The van der Waals surface area contributed by atoms with Crippen LogP contribution in [0.2, 0.25) is 0 Å². The number of pyridine rings is 1. The number of carboxylic acids is 1. The molecule has 0 aliphatic carbocycles. The first-order chi connectivity index (χ1) is 7.20. The summed E-state index contributed by atoms with van der Waals surface area (Å²) < 4.78 is 0. The number of hydrogen-bond acceptors (Lipinski definition) is 2. The van der Waals surface area contributed by atoms with E-state index >= 15 is 0 Å². The minimum atomic E-state index is -0.916. The van der Waals surface area contributed by atoms with Crippen LogP contribution in [0.4, 0.5) is 0 Å². The van der Waals surface area contributed by atoms with Gasteiger partial charge in [0, 0.05) is 11.1 Å². The number of carboxylic acid groups (broad SMARTS) is 1. The highest BCUT2D eigenvalue weighted by Gasteiger charge is 2.04. The average Bonchev–Trinajstić information content (AvgIpc) is 2.27. The fraction of sp³-hybridized carbons (Fsp3) is 0.167. The Balaban J connectivity index is 2.62. The van der Waals surface area contributed by atoms with Crippen molar-refractivity contribution >= 4 is 16.9 Å². The minimum Gasteiger partial charge on any atom is -0.478 e. The van der Waals surface area contributed by atoms with Gasteiger partial charge in [-0.25, -0.2) is 4.79 Å². The molecular weight excluding hydrogens is 190 g/mol. The van der Waals surface area contributed by atoms with Crippen molar-refractivity contribution < 1.29 is 9.90 Å². The Hall–Kier alpha value is -1.90. The lowest BCUT2D eigenvalue weighted by Gasteiger charge is -2.01. The minimum absolute atomic E-state index is 0.281. The summed E-state index contributed by atoms with van der Waals surface area (Å²) in [5.74, 6) is -0.916. The van der Waals surface area contributed by atoms with E-state index in [0.717, 1.165) is 23.0 Å². The van der Waals surface area contributed by atoms with Crippen molar-refractivity contribution in [3.8, 4) is 0 Å². The average molecular weight is 201 g/mol. The molecule has 76 valence electrons.